The molecule has 0 aliphatic heterocycles. The minimum Gasteiger partial charge on any atom is -0.366 e. The molecule has 2 saturated carbocycles. The zero-order valence-corrected chi connectivity index (χ0v) is 8.99. The Bertz CT molecular complexity index is 185. The van der Waals surface area contributed by atoms with Crippen LogP contribution in [0, 0.1) is 17.8 Å². The summed E-state index contributed by atoms with van der Waals surface area (Å²) in [7, 11) is 1.87. The monoisotopic (exact) mass is 198 g/mol. The Balaban J connectivity index is 1.73. The van der Waals surface area contributed by atoms with Gasteiger partial charge in [0.2, 0.25) is 0 Å². The third kappa shape index (κ3) is 2.56. The molecule has 0 aromatic heterocycles. The molecular formula is C10H18N2S. The van der Waals surface area contributed by atoms with E-state index in [4.69, 9.17) is 12.2 Å². The molecular weight excluding hydrogens is 180 g/mol. The normalized spacial score (nSPS) is 21.7. The van der Waals surface area contributed by atoms with E-state index in [1.54, 1.807) is 0 Å². The molecule has 0 aromatic rings. The number of rotatable bonds is 4. The van der Waals surface area contributed by atoms with Gasteiger partial charge in [-0.05, 0) is 55.7 Å². The summed E-state index contributed by atoms with van der Waals surface area (Å²) < 4.78 is 0. The van der Waals surface area contributed by atoms with Crippen LogP contribution in [-0.2, 0) is 0 Å². The first-order valence-electron chi connectivity index (χ1n) is 5.27. The van der Waals surface area contributed by atoms with Crippen LogP contribution in [-0.4, -0.2) is 18.7 Å². The average molecular weight is 198 g/mol. The van der Waals surface area contributed by atoms with Crippen LogP contribution in [0.25, 0.3) is 0 Å². The Kier molecular flexibility index (Phi) is 2.72. The molecule has 2 nitrogen and oxygen atoms in total. The smallest absolute Gasteiger partial charge is 0.166 e. The first-order valence-corrected chi connectivity index (χ1v) is 5.67. The molecule has 3 heteroatoms. The fourth-order valence-electron chi connectivity index (χ4n) is 2.07. The Morgan fingerprint density at radius 1 is 1.31 bits per heavy atom. The predicted molar refractivity (Wildman–Crippen MR) is 58.6 cm³/mol. The van der Waals surface area contributed by atoms with Crippen molar-refractivity contribution in [3.8, 4) is 0 Å². The molecule has 2 N–H and O–H groups in total. The van der Waals surface area contributed by atoms with E-state index in [2.05, 4.69) is 10.6 Å². The van der Waals surface area contributed by atoms with Gasteiger partial charge in [0.25, 0.3) is 0 Å². The summed E-state index contributed by atoms with van der Waals surface area (Å²) in [4.78, 5) is 0. The molecule has 2 rings (SSSR count). The molecule has 2 fully saturated rings. The van der Waals surface area contributed by atoms with Gasteiger partial charge in [0.05, 0.1) is 0 Å². The van der Waals surface area contributed by atoms with Crippen molar-refractivity contribution >= 4 is 17.3 Å². The second-order valence-electron chi connectivity index (χ2n) is 4.30. The van der Waals surface area contributed by atoms with Crippen molar-refractivity contribution in [3.63, 3.8) is 0 Å². The number of hydrogen-bond acceptors (Lipinski definition) is 1. The molecule has 0 saturated heterocycles. The van der Waals surface area contributed by atoms with Crippen molar-refractivity contribution in [2.24, 2.45) is 17.8 Å². The number of thiocarbonyl (C=S) groups is 1. The van der Waals surface area contributed by atoms with E-state index in [1.165, 1.54) is 25.7 Å². The van der Waals surface area contributed by atoms with Crippen molar-refractivity contribution in [1.82, 2.24) is 10.6 Å². The zero-order valence-electron chi connectivity index (χ0n) is 8.18. The second-order valence-corrected chi connectivity index (χ2v) is 4.71. The van der Waals surface area contributed by atoms with Crippen LogP contribution in [0.4, 0.5) is 0 Å². The van der Waals surface area contributed by atoms with E-state index in [9.17, 15) is 0 Å². The van der Waals surface area contributed by atoms with E-state index in [0.717, 1.165) is 29.4 Å². The molecule has 13 heavy (non-hydrogen) atoms. The largest absolute Gasteiger partial charge is 0.366 e. The highest BCUT2D eigenvalue weighted by Gasteiger charge is 2.40. The van der Waals surface area contributed by atoms with E-state index >= 15 is 0 Å². The molecule has 0 aromatic carbocycles. The van der Waals surface area contributed by atoms with Gasteiger partial charge >= 0.3 is 0 Å². The van der Waals surface area contributed by atoms with Gasteiger partial charge in [0, 0.05) is 13.6 Å². The number of hydrogen-bond donors (Lipinski definition) is 2. The maximum atomic E-state index is 5.07. The Hall–Kier alpha value is -0.310. The van der Waals surface area contributed by atoms with Gasteiger partial charge in [-0.25, -0.2) is 0 Å². The first-order chi connectivity index (χ1) is 6.31. The number of nitrogens with one attached hydrogen (secondary N) is 2. The minimum atomic E-state index is 0.798. The summed E-state index contributed by atoms with van der Waals surface area (Å²) in [6, 6.07) is 0. The molecule has 74 valence electrons. The quantitative estimate of drug-likeness (QED) is 0.670. The van der Waals surface area contributed by atoms with Crippen LogP contribution in [0.3, 0.4) is 0 Å². The van der Waals surface area contributed by atoms with Crippen LogP contribution in [0.5, 0.6) is 0 Å². The Labute approximate surface area is 85.5 Å². The van der Waals surface area contributed by atoms with Crippen LogP contribution in [0.2, 0.25) is 0 Å². The molecule has 0 heterocycles. The molecule has 0 bridgehead atoms. The third-order valence-corrected chi connectivity index (χ3v) is 3.53. The maximum absolute atomic E-state index is 5.07. The fraction of sp³-hybridized carbons (Fsp3) is 0.900. The summed E-state index contributed by atoms with van der Waals surface area (Å²) in [5.74, 6) is 2.94. The Morgan fingerprint density at radius 2 is 1.85 bits per heavy atom. The molecule has 0 unspecified atom stereocenters. The van der Waals surface area contributed by atoms with Crippen LogP contribution >= 0.6 is 12.2 Å². The van der Waals surface area contributed by atoms with Crippen molar-refractivity contribution in [2.45, 2.75) is 25.7 Å². The third-order valence-electron chi connectivity index (χ3n) is 3.18. The molecule has 0 amide bonds. The summed E-state index contributed by atoms with van der Waals surface area (Å²) in [5.41, 5.74) is 0. The fourth-order valence-corrected chi connectivity index (χ4v) is 2.15. The van der Waals surface area contributed by atoms with Gasteiger partial charge in [0.15, 0.2) is 5.11 Å². The van der Waals surface area contributed by atoms with E-state index in [1.807, 2.05) is 7.05 Å². The van der Waals surface area contributed by atoms with Crippen molar-refractivity contribution in [1.29, 1.82) is 0 Å². The lowest BCUT2D eigenvalue weighted by Crippen LogP contribution is -2.36. The van der Waals surface area contributed by atoms with Crippen LogP contribution in [0.15, 0.2) is 0 Å². The van der Waals surface area contributed by atoms with Crippen LogP contribution in [0.1, 0.15) is 25.7 Å². The highest BCUT2D eigenvalue weighted by atomic mass is 32.1. The molecule has 0 spiro atoms. The van der Waals surface area contributed by atoms with Gasteiger partial charge in [-0.1, -0.05) is 0 Å². The van der Waals surface area contributed by atoms with E-state index < -0.39 is 0 Å². The van der Waals surface area contributed by atoms with Crippen molar-refractivity contribution in [2.75, 3.05) is 13.6 Å². The average Bonchev–Trinajstić information content (AvgIpc) is 2.98. The summed E-state index contributed by atoms with van der Waals surface area (Å²) in [5, 5.41) is 7.05. The predicted octanol–water partition coefficient (Wildman–Crippen LogP) is 1.52. The van der Waals surface area contributed by atoms with Gasteiger partial charge in [-0.3, -0.25) is 0 Å². The highest BCUT2D eigenvalue weighted by Crippen LogP contribution is 2.48. The van der Waals surface area contributed by atoms with E-state index in [-0.39, 0.29) is 0 Å². The lowest BCUT2D eigenvalue weighted by molar-refractivity contribution is 0.401. The van der Waals surface area contributed by atoms with Gasteiger partial charge < -0.3 is 10.6 Å². The van der Waals surface area contributed by atoms with Crippen LogP contribution < -0.4 is 10.6 Å². The lowest BCUT2D eigenvalue weighted by Gasteiger charge is -2.16. The molecule has 0 radical (unpaired) electrons. The first kappa shape index (κ1) is 9.25. The van der Waals surface area contributed by atoms with Crippen molar-refractivity contribution in [3.05, 3.63) is 0 Å². The van der Waals surface area contributed by atoms with Crippen molar-refractivity contribution < 1.29 is 0 Å². The standard InChI is InChI=1S/C10H18N2S/c1-11-10(13)12-6-9(7-2-3-7)8-4-5-8/h7-9H,2-6H2,1H3,(H2,11,12,13). The lowest BCUT2D eigenvalue weighted by atomic mass is 9.98. The summed E-state index contributed by atoms with van der Waals surface area (Å²) in [6.45, 7) is 1.09. The van der Waals surface area contributed by atoms with Gasteiger partial charge in [0.1, 0.15) is 0 Å². The highest BCUT2D eigenvalue weighted by molar-refractivity contribution is 7.80. The summed E-state index contributed by atoms with van der Waals surface area (Å²) in [6.07, 6.45) is 5.81. The zero-order chi connectivity index (χ0) is 9.26. The van der Waals surface area contributed by atoms with Gasteiger partial charge in [-0.15, -0.1) is 0 Å². The topological polar surface area (TPSA) is 24.1 Å². The molecule has 0 atom stereocenters. The SMILES string of the molecule is CNC(=S)NCC(C1CC1)C1CC1. The maximum Gasteiger partial charge on any atom is 0.166 e. The second kappa shape index (κ2) is 3.82. The molecule has 2 aliphatic rings. The Morgan fingerprint density at radius 3 is 2.23 bits per heavy atom. The molecule has 2 aliphatic carbocycles. The summed E-state index contributed by atoms with van der Waals surface area (Å²) >= 11 is 5.07. The van der Waals surface area contributed by atoms with E-state index in [0.29, 0.717) is 0 Å². The minimum absolute atomic E-state index is 0.798. The van der Waals surface area contributed by atoms with Gasteiger partial charge in [-0.2, -0.15) is 0 Å².